The van der Waals surface area contributed by atoms with Crippen LogP contribution in [0.25, 0.3) is 0 Å². The Hall–Kier alpha value is -1.86. The van der Waals surface area contributed by atoms with Crippen LogP contribution in [0.1, 0.15) is 18.4 Å². The molecule has 0 fully saturated rings. The Morgan fingerprint density at radius 1 is 1.44 bits per heavy atom. The van der Waals surface area contributed by atoms with E-state index >= 15 is 0 Å². The van der Waals surface area contributed by atoms with E-state index in [1.165, 1.54) is 0 Å². The zero-order valence-electron chi connectivity index (χ0n) is 10.9. The van der Waals surface area contributed by atoms with Crippen LogP contribution in [-0.2, 0) is 4.79 Å². The van der Waals surface area contributed by atoms with Gasteiger partial charge in [-0.05, 0) is 12.1 Å². The topological polar surface area (TPSA) is 56.1 Å². The van der Waals surface area contributed by atoms with Crippen LogP contribution in [0.3, 0.4) is 0 Å². The van der Waals surface area contributed by atoms with E-state index in [9.17, 15) is 10.1 Å². The highest BCUT2D eigenvalue weighted by Gasteiger charge is 2.16. The second-order valence-electron chi connectivity index (χ2n) is 4.09. The molecular formula is C14H19N3O. The van der Waals surface area contributed by atoms with Crippen molar-refractivity contribution in [1.29, 1.82) is 5.26 Å². The van der Waals surface area contributed by atoms with Gasteiger partial charge in [0.1, 0.15) is 0 Å². The number of carbonyl (C=O) groups excluding carboxylic acids is 1. The van der Waals surface area contributed by atoms with Crippen molar-refractivity contribution < 1.29 is 4.79 Å². The summed E-state index contributed by atoms with van der Waals surface area (Å²) in [6, 6.07) is 12.0. The van der Waals surface area contributed by atoms with Crippen LogP contribution in [0.2, 0.25) is 0 Å². The molecule has 0 heterocycles. The maximum Gasteiger partial charge on any atom is 0.233 e. The van der Waals surface area contributed by atoms with Crippen LogP contribution in [0.4, 0.5) is 0 Å². The molecule has 0 aliphatic rings. The Kier molecular flexibility index (Phi) is 5.89. The van der Waals surface area contributed by atoms with E-state index in [1.54, 1.807) is 7.05 Å². The van der Waals surface area contributed by atoms with Crippen LogP contribution < -0.4 is 5.32 Å². The van der Waals surface area contributed by atoms with Gasteiger partial charge in [-0.1, -0.05) is 37.3 Å². The Balaban J connectivity index is 2.67. The van der Waals surface area contributed by atoms with Gasteiger partial charge in [0.05, 0.1) is 18.5 Å². The molecule has 0 saturated carbocycles. The number of hydrogen-bond donors (Lipinski definition) is 1. The molecule has 1 aromatic rings. The van der Waals surface area contributed by atoms with Gasteiger partial charge in [-0.3, -0.25) is 9.69 Å². The number of nitriles is 1. The molecule has 1 N–H and O–H groups in total. The van der Waals surface area contributed by atoms with Crippen LogP contribution in [-0.4, -0.2) is 37.5 Å². The van der Waals surface area contributed by atoms with Crippen LogP contribution >= 0.6 is 0 Å². The summed E-state index contributed by atoms with van der Waals surface area (Å²) in [7, 11) is 1.62. The number of carbonyl (C=O) groups is 1. The number of hydrogen-bond acceptors (Lipinski definition) is 3. The average Bonchev–Trinajstić information content (AvgIpc) is 2.43. The molecule has 0 aliphatic carbocycles. The fourth-order valence-corrected chi connectivity index (χ4v) is 1.75. The van der Waals surface area contributed by atoms with Crippen molar-refractivity contribution >= 4 is 5.91 Å². The normalized spacial score (nSPS) is 11.9. The fourth-order valence-electron chi connectivity index (χ4n) is 1.75. The predicted octanol–water partition coefficient (Wildman–Crippen LogP) is 1.36. The number of benzene rings is 1. The molecule has 1 amide bonds. The summed E-state index contributed by atoms with van der Waals surface area (Å²) < 4.78 is 0. The Morgan fingerprint density at radius 3 is 2.61 bits per heavy atom. The molecule has 0 spiro atoms. The molecule has 1 atom stereocenters. The lowest BCUT2D eigenvalue weighted by Gasteiger charge is -2.22. The minimum absolute atomic E-state index is 0.0263. The van der Waals surface area contributed by atoms with Gasteiger partial charge in [0.25, 0.3) is 0 Å². The lowest BCUT2D eigenvalue weighted by atomic mass is 10.00. The third-order valence-corrected chi connectivity index (χ3v) is 2.89. The lowest BCUT2D eigenvalue weighted by molar-refractivity contribution is -0.121. The van der Waals surface area contributed by atoms with Gasteiger partial charge >= 0.3 is 0 Å². The standard InChI is InChI=1S/C14H19N3O/c1-3-17(11-14(18)16-2)10-13(9-15)12-7-5-4-6-8-12/h4-8,13H,3,10-11H2,1-2H3,(H,16,18). The number of nitrogens with one attached hydrogen (secondary N) is 1. The van der Waals surface area contributed by atoms with Gasteiger partial charge in [-0.15, -0.1) is 0 Å². The summed E-state index contributed by atoms with van der Waals surface area (Å²) in [5.74, 6) is -0.225. The molecule has 96 valence electrons. The van der Waals surface area contributed by atoms with E-state index in [4.69, 9.17) is 0 Å². The predicted molar refractivity (Wildman–Crippen MR) is 71.0 cm³/mol. The zero-order valence-corrected chi connectivity index (χ0v) is 10.9. The van der Waals surface area contributed by atoms with Crippen LogP contribution in [0, 0.1) is 11.3 Å². The first-order chi connectivity index (χ1) is 8.71. The first-order valence-corrected chi connectivity index (χ1v) is 6.08. The minimum Gasteiger partial charge on any atom is -0.358 e. The first-order valence-electron chi connectivity index (χ1n) is 6.08. The van der Waals surface area contributed by atoms with Crippen molar-refractivity contribution in [3.8, 4) is 6.07 Å². The average molecular weight is 245 g/mol. The molecule has 4 heteroatoms. The first kappa shape index (κ1) is 14.2. The number of likely N-dealkylation sites (N-methyl/N-ethyl adjacent to an activating group) is 2. The fraction of sp³-hybridized carbons (Fsp3) is 0.429. The summed E-state index contributed by atoms with van der Waals surface area (Å²) in [4.78, 5) is 13.3. The maximum absolute atomic E-state index is 11.4. The van der Waals surface area contributed by atoms with Gasteiger partial charge in [0, 0.05) is 13.6 Å². The largest absolute Gasteiger partial charge is 0.358 e. The smallest absolute Gasteiger partial charge is 0.233 e. The van der Waals surface area contributed by atoms with E-state index < -0.39 is 0 Å². The van der Waals surface area contributed by atoms with Crippen molar-refractivity contribution in [2.45, 2.75) is 12.8 Å². The van der Waals surface area contributed by atoms with E-state index in [-0.39, 0.29) is 11.8 Å². The molecule has 0 saturated heterocycles. The molecule has 0 bridgehead atoms. The zero-order chi connectivity index (χ0) is 13.4. The molecular weight excluding hydrogens is 226 g/mol. The Morgan fingerprint density at radius 2 is 2.11 bits per heavy atom. The summed E-state index contributed by atoms with van der Waals surface area (Å²) in [6.45, 7) is 3.64. The van der Waals surface area contributed by atoms with E-state index in [0.717, 1.165) is 12.1 Å². The molecule has 4 nitrogen and oxygen atoms in total. The minimum atomic E-state index is -0.198. The second-order valence-corrected chi connectivity index (χ2v) is 4.09. The molecule has 1 rings (SSSR count). The maximum atomic E-state index is 11.4. The van der Waals surface area contributed by atoms with Crippen LogP contribution in [0.5, 0.6) is 0 Å². The molecule has 18 heavy (non-hydrogen) atoms. The number of amides is 1. The van der Waals surface area contributed by atoms with Crippen molar-refractivity contribution in [1.82, 2.24) is 10.2 Å². The molecule has 1 unspecified atom stereocenters. The van der Waals surface area contributed by atoms with E-state index in [1.807, 2.05) is 42.2 Å². The Labute approximate surface area is 108 Å². The summed E-state index contributed by atoms with van der Waals surface area (Å²) in [6.07, 6.45) is 0. The van der Waals surface area contributed by atoms with E-state index in [0.29, 0.717) is 13.1 Å². The Bertz CT molecular complexity index is 411. The molecule has 0 radical (unpaired) electrons. The summed E-state index contributed by atoms with van der Waals surface area (Å²) in [5.41, 5.74) is 0.996. The molecule has 1 aromatic carbocycles. The molecule has 0 aromatic heterocycles. The third kappa shape index (κ3) is 4.19. The second kappa shape index (κ2) is 7.46. The third-order valence-electron chi connectivity index (χ3n) is 2.89. The van der Waals surface area contributed by atoms with E-state index in [2.05, 4.69) is 11.4 Å². The molecule has 0 aliphatic heterocycles. The summed E-state index contributed by atoms with van der Waals surface area (Å²) >= 11 is 0. The van der Waals surface area contributed by atoms with Gasteiger partial charge in [-0.2, -0.15) is 5.26 Å². The van der Waals surface area contributed by atoms with Gasteiger partial charge in [0.15, 0.2) is 0 Å². The quantitative estimate of drug-likeness (QED) is 0.823. The van der Waals surface area contributed by atoms with Gasteiger partial charge in [-0.25, -0.2) is 0 Å². The van der Waals surface area contributed by atoms with Gasteiger partial charge < -0.3 is 5.32 Å². The van der Waals surface area contributed by atoms with Crippen molar-refractivity contribution in [2.24, 2.45) is 0 Å². The highest BCUT2D eigenvalue weighted by atomic mass is 16.1. The van der Waals surface area contributed by atoms with Crippen molar-refractivity contribution in [3.63, 3.8) is 0 Å². The van der Waals surface area contributed by atoms with Crippen molar-refractivity contribution in [3.05, 3.63) is 35.9 Å². The number of rotatable bonds is 6. The lowest BCUT2D eigenvalue weighted by Crippen LogP contribution is -2.37. The monoisotopic (exact) mass is 245 g/mol. The highest BCUT2D eigenvalue weighted by Crippen LogP contribution is 2.15. The van der Waals surface area contributed by atoms with Gasteiger partial charge in [0.2, 0.25) is 5.91 Å². The van der Waals surface area contributed by atoms with Crippen LogP contribution in [0.15, 0.2) is 30.3 Å². The highest BCUT2D eigenvalue weighted by molar-refractivity contribution is 5.77. The summed E-state index contributed by atoms with van der Waals surface area (Å²) in [5, 5.41) is 11.8. The number of nitrogens with zero attached hydrogens (tertiary/aromatic N) is 2. The van der Waals surface area contributed by atoms with Crippen molar-refractivity contribution in [2.75, 3.05) is 26.7 Å². The SMILES string of the molecule is CCN(CC(=O)NC)CC(C#N)c1ccccc1.